The molecule has 3 rings (SSSR count). The molecule has 0 radical (unpaired) electrons. The number of amides is 1. The van der Waals surface area contributed by atoms with Gasteiger partial charge in [0.15, 0.2) is 0 Å². The van der Waals surface area contributed by atoms with Crippen molar-refractivity contribution in [2.45, 2.75) is 12.5 Å². The van der Waals surface area contributed by atoms with E-state index in [2.05, 4.69) is 4.98 Å². The Hall–Kier alpha value is -2.90. The maximum absolute atomic E-state index is 13.0. The molecular formula is C22H24ClN3O4. The molecule has 0 aliphatic carbocycles. The third-order valence-electron chi connectivity index (χ3n) is 4.99. The number of carbonyl (C=O) groups excluding carboxylic acids is 2. The molecule has 1 atom stereocenters. The summed E-state index contributed by atoms with van der Waals surface area (Å²) in [6.45, 7) is 1.13. The summed E-state index contributed by atoms with van der Waals surface area (Å²) < 4.78 is 5.21. The first-order chi connectivity index (χ1) is 14.3. The molecule has 1 N–H and O–H groups in total. The van der Waals surface area contributed by atoms with Crippen LogP contribution in [0.2, 0.25) is 5.02 Å². The highest BCUT2D eigenvalue weighted by Crippen LogP contribution is 2.40. The number of pyridine rings is 1. The lowest BCUT2D eigenvalue weighted by Crippen LogP contribution is -2.32. The number of benzene rings is 1. The van der Waals surface area contributed by atoms with Gasteiger partial charge in [0.1, 0.15) is 11.5 Å². The lowest BCUT2D eigenvalue weighted by molar-refractivity contribution is -0.139. The van der Waals surface area contributed by atoms with Crippen molar-refractivity contribution in [2.75, 3.05) is 34.3 Å². The summed E-state index contributed by atoms with van der Waals surface area (Å²) in [5.74, 6) is -1.23. The second kappa shape index (κ2) is 9.28. The van der Waals surface area contributed by atoms with Crippen molar-refractivity contribution >= 4 is 29.1 Å². The Kier molecular flexibility index (Phi) is 6.74. The van der Waals surface area contributed by atoms with Gasteiger partial charge in [0.25, 0.3) is 11.7 Å². The maximum atomic E-state index is 13.0. The van der Waals surface area contributed by atoms with E-state index in [0.717, 1.165) is 6.54 Å². The summed E-state index contributed by atoms with van der Waals surface area (Å²) in [6, 6.07) is 7.51. The third kappa shape index (κ3) is 4.32. The number of ether oxygens (including phenoxy) is 1. The topological polar surface area (TPSA) is 83.0 Å². The Balaban J connectivity index is 2.12. The predicted octanol–water partition coefficient (Wildman–Crippen LogP) is 3.12. The van der Waals surface area contributed by atoms with Gasteiger partial charge in [-0.2, -0.15) is 0 Å². The molecule has 30 heavy (non-hydrogen) atoms. The second-order valence-electron chi connectivity index (χ2n) is 7.28. The molecular weight excluding hydrogens is 406 g/mol. The summed E-state index contributed by atoms with van der Waals surface area (Å²) in [6.07, 6.45) is 3.86. The quantitative estimate of drug-likeness (QED) is 0.413. The number of aliphatic hydroxyl groups excluding tert-OH is 1. The SMILES string of the molecule is COc1ccc(Cl)c(/C(O)=C2\C(=O)C(=O)N(CCCN(C)C)C2c2ccncc2)c1. The van der Waals surface area contributed by atoms with Gasteiger partial charge in [-0.15, -0.1) is 0 Å². The zero-order chi connectivity index (χ0) is 21.8. The molecule has 1 fully saturated rings. The first kappa shape index (κ1) is 21.8. The van der Waals surface area contributed by atoms with Gasteiger partial charge in [-0.3, -0.25) is 14.6 Å². The highest BCUT2D eigenvalue weighted by molar-refractivity contribution is 6.47. The molecule has 1 aliphatic rings. The Morgan fingerprint density at radius 1 is 1.23 bits per heavy atom. The average Bonchev–Trinajstić information content (AvgIpc) is 2.99. The van der Waals surface area contributed by atoms with Gasteiger partial charge in [0.2, 0.25) is 0 Å². The van der Waals surface area contributed by atoms with E-state index in [1.54, 1.807) is 42.7 Å². The van der Waals surface area contributed by atoms with Crippen molar-refractivity contribution < 1.29 is 19.4 Å². The molecule has 1 aromatic heterocycles. The van der Waals surface area contributed by atoms with Crippen molar-refractivity contribution in [2.24, 2.45) is 0 Å². The van der Waals surface area contributed by atoms with Gasteiger partial charge >= 0.3 is 0 Å². The van der Waals surface area contributed by atoms with Crippen LogP contribution in [0.3, 0.4) is 0 Å². The van der Waals surface area contributed by atoms with Gasteiger partial charge in [0.05, 0.1) is 23.7 Å². The zero-order valence-electron chi connectivity index (χ0n) is 17.1. The fourth-order valence-corrected chi connectivity index (χ4v) is 3.73. The fraction of sp³-hybridized carbons (Fsp3) is 0.318. The Morgan fingerprint density at radius 3 is 2.57 bits per heavy atom. The number of carbonyl (C=O) groups is 2. The zero-order valence-corrected chi connectivity index (χ0v) is 17.9. The minimum atomic E-state index is -0.738. The van der Waals surface area contributed by atoms with Crippen molar-refractivity contribution in [3.8, 4) is 5.75 Å². The Labute approximate surface area is 180 Å². The van der Waals surface area contributed by atoms with Gasteiger partial charge in [-0.1, -0.05) is 11.6 Å². The number of nitrogens with zero attached hydrogens (tertiary/aromatic N) is 3. The van der Waals surface area contributed by atoms with Crippen molar-refractivity contribution in [1.82, 2.24) is 14.8 Å². The van der Waals surface area contributed by atoms with E-state index in [0.29, 0.717) is 24.3 Å². The number of hydrogen-bond acceptors (Lipinski definition) is 6. The summed E-state index contributed by atoms with van der Waals surface area (Å²) in [5, 5.41) is 11.3. The molecule has 2 aromatic rings. The number of halogens is 1. The molecule has 0 saturated carbocycles. The normalized spacial score (nSPS) is 18.3. The smallest absolute Gasteiger partial charge is 0.295 e. The molecule has 1 aromatic carbocycles. The van der Waals surface area contributed by atoms with Gasteiger partial charge in [-0.25, -0.2) is 0 Å². The minimum Gasteiger partial charge on any atom is -0.507 e. The standard InChI is InChI=1S/C22H24ClN3O4/c1-25(2)11-4-12-26-19(14-7-9-24-10-8-14)18(21(28)22(26)29)20(27)16-13-15(30-3)5-6-17(16)23/h5-10,13,19,27H,4,11-12H2,1-3H3/b20-18+. The first-order valence-corrected chi connectivity index (χ1v) is 9.90. The van der Waals surface area contributed by atoms with E-state index in [1.807, 2.05) is 19.0 Å². The van der Waals surface area contributed by atoms with E-state index in [1.165, 1.54) is 12.0 Å². The first-order valence-electron chi connectivity index (χ1n) is 9.52. The van der Waals surface area contributed by atoms with Gasteiger partial charge < -0.3 is 19.6 Å². The monoisotopic (exact) mass is 429 g/mol. The van der Waals surface area contributed by atoms with E-state index in [4.69, 9.17) is 16.3 Å². The number of rotatable bonds is 7. The van der Waals surface area contributed by atoms with Crippen LogP contribution in [0.15, 0.2) is 48.3 Å². The molecule has 8 heteroatoms. The van der Waals surface area contributed by atoms with E-state index in [9.17, 15) is 14.7 Å². The second-order valence-corrected chi connectivity index (χ2v) is 7.68. The van der Waals surface area contributed by atoms with Crippen LogP contribution >= 0.6 is 11.6 Å². The molecule has 7 nitrogen and oxygen atoms in total. The number of methoxy groups -OCH3 is 1. The Morgan fingerprint density at radius 2 is 1.93 bits per heavy atom. The van der Waals surface area contributed by atoms with Gasteiger partial charge in [0, 0.05) is 24.5 Å². The van der Waals surface area contributed by atoms with Crippen LogP contribution in [-0.2, 0) is 9.59 Å². The van der Waals surface area contributed by atoms with Crippen molar-refractivity contribution in [3.63, 3.8) is 0 Å². The molecule has 0 bridgehead atoms. The number of ketones is 1. The average molecular weight is 430 g/mol. The molecule has 158 valence electrons. The van der Waals surface area contributed by atoms with Crippen LogP contribution in [0.1, 0.15) is 23.6 Å². The van der Waals surface area contributed by atoms with Crippen LogP contribution in [0.5, 0.6) is 5.75 Å². The van der Waals surface area contributed by atoms with Crippen LogP contribution in [0.4, 0.5) is 0 Å². The summed E-state index contributed by atoms with van der Waals surface area (Å²) in [4.78, 5) is 33.4. The van der Waals surface area contributed by atoms with E-state index >= 15 is 0 Å². The molecule has 1 aliphatic heterocycles. The highest BCUT2D eigenvalue weighted by atomic mass is 35.5. The number of hydrogen-bond donors (Lipinski definition) is 1. The number of likely N-dealkylation sites (tertiary alicyclic amines) is 1. The maximum Gasteiger partial charge on any atom is 0.295 e. The van der Waals surface area contributed by atoms with E-state index in [-0.39, 0.29) is 21.9 Å². The number of Topliss-reactive ketones (excluding diaryl/α,β-unsaturated/α-hetero) is 1. The highest BCUT2D eigenvalue weighted by Gasteiger charge is 2.46. The number of aromatic nitrogens is 1. The Bertz CT molecular complexity index is 976. The lowest BCUT2D eigenvalue weighted by atomic mass is 9.96. The van der Waals surface area contributed by atoms with Crippen LogP contribution in [0.25, 0.3) is 5.76 Å². The van der Waals surface area contributed by atoms with Crippen molar-refractivity contribution in [1.29, 1.82) is 0 Å². The van der Waals surface area contributed by atoms with E-state index < -0.39 is 17.7 Å². The molecule has 1 saturated heterocycles. The van der Waals surface area contributed by atoms with Gasteiger partial charge in [-0.05, 0) is 63.0 Å². The largest absolute Gasteiger partial charge is 0.507 e. The third-order valence-corrected chi connectivity index (χ3v) is 5.32. The summed E-state index contributed by atoms with van der Waals surface area (Å²) in [5.41, 5.74) is 0.933. The molecule has 2 heterocycles. The van der Waals surface area contributed by atoms with Crippen molar-refractivity contribution in [3.05, 3.63) is 64.4 Å². The van der Waals surface area contributed by atoms with Crippen LogP contribution in [-0.4, -0.2) is 65.9 Å². The molecule has 1 amide bonds. The summed E-state index contributed by atoms with van der Waals surface area (Å²) in [7, 11) is 5.38. The van der Waals surface area contributed by atoms with Crippen LogP contribution < -0.4 is 4.74 Å². The minimum absolute atomic E-state index is 0.00575. The lowest BCUT2D eigenvalue weighted by Gasteiger charge is -2.25. The summed E-state index contributed by atoms with van der Waals surface area (Å²) >= 11 is 6.28. The molecule has 1 unspecified atom stereocenters. The predicted molar refractivity (Wildman–Crippen MR) is 114 cm³/mol. The molecule has 0 spiro atoms. The number of aliphatic hydroxyl groups is 1. The van der Waals surface area contributed by atoms with Crippen LogP contribution in [0, 0.1) is 0 Å². The fourth-order valence-electron chi connectivity index (χ4n) is 3.52.